The zero-order valence-electron chi connectivity index (χ0n) is 15.2. The smallest absolute Gasteiger partial charge is 0.341 e. The van der Waals surface area contributed by atoms with Crippen molar-refractivity contribution in [2.24, 2.45) is 0 Å². The van der Waals surface area contributed by atoms with E-state index in [1.807, 2.05) is 0 Å². The summed E-state index contributed by atoms with van der Waals surface area (Å²) in [6, 6.07) is 9.27. The van der Waals surface area contributed by atoms with Crippen LogP contribution < -0.4 is 5.32 Å². The van der Waals surface area contributed by atoms with E-state index < -0.39 is 23.5 Å². The predicted octanol–water partition coefficient (Wildman–Crippen LogP) is 3.89. The number of benzene rings is 2. The molecule has 0 fully saturated rings. The van der Waals surface area contributed by atoms with E-state index >= 15 is 0 Å². The molecule has 0 radical (unpaired) electrons. The van der Waals surface area contributed by atoms with Crippen molar-refractivity contribution < 1.29 is 23.1 Å². The SMILES string of the molecule is CCOC(=O)c1cnn(-c2cccc(NC(=O)c3cc(F)cc(F)c3)c2)c1C. The number of carbonyl (C=O) groups excluding carboxylic acids is 2. The first-order valence-corrected chi connectivity index (χ1v) is 8.48. The van der Waals surface area contributed by atoms with Gasteiger partial charge in [-0.25, -0.2) is 18.3 Å². The molecule has 0 aliphatic rings. The van der Waals surface area contributed by atoms with Crippen LogP contribution in [0.25, 0.3) is 5.69 Å². The van der Waals surface area contributed by atoms with Crippen molar-refractivity contribution in [2.75, 3.05) is 11.9 Å². The Bertz CT molecular complexity index is 1030. The van der Waals surface area contributed by atoms with E-state index in [2.05, 4.69) is 10.4 Å². The Balaban J connectivity index is 1.85. The van der Waals surface area contributed by atoms with Gasteiger partial charge >= 0.3 is 5.97 Å². The van der Waals surface area contributed by atoms with E-state index in [1.165, 1.54) is 10.9 Å². The molecule has 0 aliphatic heterocycles. The number of nitrogens with zero attached hydrogens (tertiary/aromatic N) is 2. The van der Waals surface area contributed by atoms with Crippen LogP contribution in [0.4, 0.5) is 14.5 Å². The van der Waals surface area contributed by atoms with Gasteiger partial charge in [-0.1, -0.05) is 6.07 Å². The second-order valence-electron chi connectivity index (χ2n) is 5.94. The molecule has 0 aliphatic carbocycles. The first-order valence-electron chi connectivity index (χ1n) is 8.48. The average molecular weight is 385 g/mol. The fourth-order valence-corrected chi connectivity index (χ4v) is 2.68. The molecule has 0 saturated carbocycles. The molecule has 1 aromatic heterocycles. The van der Waals surface area contributed by atoms with Crippen LogP contribution in [-0.4, -0.2) is 28.3 Å². The van der Waals surface area contributed by atoms with Crippen LogP contribution in [0.3, 0.4) is 0 Å². The molecule has 1 N–H and O–H groups in total. The molecule has 144 valence electrons. The standard InChI is InChI=1S/C20H17F2N3O3/c1-3-28-20(27)18-11-23-25(12(18)2)17-6-4-5-16(10-17)24-19(26)13-7-14(21)9-15(22)8-13/h4-11H,3H2,1-2H3,(H,24,26). The molecular formula is C20H17F2N3O3. The Labute approximate surface area is 159 Å². The maximum atomic E-state index is 13.3. The quantitative estimate of drug-likeness (QED) is 0.677. The molecule has 0 unspecified atom stereocenters. The molecular weight excluding hydrogens is 368 g/mol. The van der Waals surface area contributed by atoms with Gasteiger partial charge in [0, 0.05) is 17.3 Å². The van der Waals surface area contributed by atoms with E-state index in [1.54, 1.807) is 38.1 Å². The minimum atomic E-state index is -0.836. The molecule has 6 nitrogen and oxygen atoms in total. The van der Waals surface area contributed by atoms with Crippen LogP contribution in [0.1, 0.15) is 33.3 Å². The number of anilines is 1. The highest BCUT2D eigenvalue weighted by atomic mass is 19.1. The lowest BCUT2D eigenvalue weighted by Gasteiger charge is -2.09. The summed E-state index contributed by atoms with van der Waals surface area (Å²) in [4.78, 5) is 24.2. The summed E-state index contributed by atoms with van der Waals surface area (Å²) in [6.07, 6.45) is 1.41. The fraction of sp³-hybridized carbons (Fsp3) is 0.150. The Hall–Kier alpha value is -3.55. The molecule has 2 aromatic carbocycles. The lowest BCUT2D eigenvalue weighted by molar-refractivity contribution is 0.0525. The molecule has 3 rings (SSSR count). The second kappa shape index (κ2) is 7.99. The van der Waals surface area contributed by atoms with Gasteiger partial charge in [0.1, 0.15) is 17.2 Å². The van der Waals surface area contributed by atoms with Crippen molar-refractivity contribution in [3.05, 3.63) is 77.1 Å². The summed E-state index contributed by atoms with van der Waals surface area (Å²) in [7, 11) is 0. The van der Waals surface area contributed by atoms with Crippen molar-refractivity contribution >= 4 is 17.6 Å². The van der Waals surface area contributed by atoms with E-state index in [9.17, 15) is 18.4 Å². The molecule has 0 saturated heterocycles. The minimum Gasteiger partial charge on any atom is -0.462 e. The molecule has 1 amide bonds. The van der Waals surface area contributed by atoms with E-state index in [-0.39, 0.29) is 12.2 Å². The zero-order valence-corrected chi connectivity index (χ0v) is 15.2. The number of amides is 1. The average Bonchev–Trinajstić information content (AvgIpc) is 3.03. The summed E-state index contributed by atoms with van der Waals surface area (Å²) in [5.41, 5.74) is 1.78. The highest BCUT2D eigenvalue weighted by Gasteiger charge is 2.16. The topological polar surface area (TPSA) is 73.2 Å². The van der Waals surface area contributed by atoms with E-state index in [4.69, 9.17) is 4.74 Å². The van der Waals surface area contributed by atoms with Gasteiger partial charge in [0.15, 0.2) is 0 Å². The Morgan fingerprint density at radius 2 is 1.86 bits per heavy atom. The number of hydrogen-bond acceptors (Lipinski definition) is 4. The maximum absolute atomic E-state index is 13.3. The van der Waals surface area contributed by atoms with Gasteiger partial charge in [0.25, 0.3) is 5.91 Å². The summed E-state index contributed by atoms with van der Waals surface area (Å²) >= 11 is 0. The molecule has 0 bridgehead atoms. The molecule has 28 heavy (non-hydrogen) atoms. The number of carbonyl (C=O) groups is 2. The molecule has 1 heterocycles. The Kier molecular flexibility index (Phi) is 5.49. The molecule has 0 spiro atoms. The molecule has 8 heteroatoms. The zero-order chi connectivity index (χ0) is 20.3. The van der Waals surface area contributed by atoms with Crippen molar-refractivity contribution in [1.82, 2.24) is 9.78 Å². The van der Waals surface area contributed by atoms with Crippen LogP contribution in [0.15, 0.2) is 48.7 Å². The fourth-order valence-electron chi connectivity index (χ4n) is 2.68. The largest absolute Gasteiger partial charge is 0.462 e. The van der Waals surface area contributed by atoms with Crippen molar-refractivity contribution in [2.45, 2.75) is 13.8 Å². The number of ether oxygens (including phenoxy) is 1. The van der Waals surface area contributed by atoms with Crippen molar-refractivity contribution in [3.8, 4) is 5.69 Å². The number of esters is 1. The van der Waals surface area contributed by atoms with Gasteiger partial charge in [-0.15, -0.1) is 0 Å². The summed E-state index contributed by atoms with van der Waals surface area (Å²) in [6.45, 7) is 3.69. The van der Waals surface area contributed by atoms with Crippen LogP contribution in [-0.2, 0) is 4.74 Å². The highest BCUT2D eigenvalue weighted by molar-refractivity contribution is 6.04. The van der Waals surface area contributed by atoms with Crippen molar-refractivity contribution in [1.29, 1.82) is 0 Å². The third-order valence-corrected chi connectivity index (χ3v) is 3.98. The highest BCUT2D eigenvalue weighted by Crippen LogP contribution is 2.19. The predicted molar refractivity (Wildman–Crippen MR) is 98.6 cm³/mol. The van der Waals surface area contributed by atoms with Gasteiger partial charge < -0.3 is 10.1 Å². The summed E-state index contributed by atoms with van der Waals surface area (Å²) < 4.78 is 33.1. The van der Waals surface area contributed by atoms with Gasteiger partial charge in [0.05, 0.1) is 24.2 Å². The van der Waals surface area contributed by atoms with Gasteiger partial charge in [-0.3, -0.25) is 4.79 Å². The first kappa shape index (κ1) is 19.2. The monoisotopic (exact) mass is 385 g/mol. The van der Waals surface area contributed by atoms with E-state index in [0.29, 0.717) is 28.7 Å². The normalized spacial score (nSPS) is 10.6. The second-order valence-corrected chi connectivity index (χ2v) is 5.94. The third-order valence-electron chi connectivity index (χ3n) is 3.98. The third kappa shape index (κ3) is 4.06. The molecule has 0 atom stereocenters. The number of halogens is 2. The number of rotatable bonds is 5. The Morgan fingerprint density at radius 3 is 2.54 bits per heavy atom. The van der Waals surface area contributed by atoms with Crippen LogP contribution in [0.2, 0.25) is 0 Å². The van der Waals surface area contributed by atoms with Crippen LogP contribution in [0, 0.1) is 18.6 Å². The van der Waals surface area contributed by atoms with Gasteiger partial charge in [-0.2, -0.15) is 5.10 Å². The number of hydrogen-bond donors (Lipinski definition) is 1. The number of aromatic nitrogens is 2. The Morgan fingerprint density at radius 1 is 1.14 bits per heavy atom. The van der Waals surface area contributed by atoms with Gasteiger partial charge in [-0.05, 0) is 44.2 Å². The van der Waals surface area contributed by atoms with E-state index in [0.717, 1.165) is 12.1 Å². The lowest BCUT2D eigenvalue weighted by atomic mass is 10.2. The summed E-state index contributed by atoms with van der Waals surface area (Å²) in [5.74, 6) is -2.79. The van der Waals surface area contributed by atoms with Crippen LogP contribution in [0.5, 0.6) is 0 Å². The first-order chi connectivity index (χ1) is 13.4. The van der Waals surface area contributed by atoms with Crippen LogP contribution >= 0.6 is 0 Å². The lowest BCUT2D eigenvalue weighted by Crippen LogP contribution is -2.13. The van der Waals surface area contributed by atoms with Gasteiger partial charge in [0.2, 0.25) is 0 Å². The maximum Gasteiger partial charge on any atom is 0.341 e. The molecule has 3 aromatic rings. The summed E-state index contributed by atoms with van der Waals surface area (Å²) in [5, 5.41) is 6.78. The van der Waals surface area contributed by atoms with Crippen molar-refractivity contribution in [3.63, 3.8) is 0 Å². The minimum absolute atomic E-state index is 0.136. The number of nitrogens with one attached hydrogen (secondary N) is 1.